The van der Waals surface area contributed by atoms with Gasteiger partial charge in [0.15, 0.2) is 0 Å². The average Bonchev–Trinajstić information content (AvgIpc) is 1.96. The first-order valence-corrected chi connectivity index (χ1v) is 4.55. The maximum absolute atomic E-state index is 5.82. The van der Waals surface area contributed by atoms with Gasteiger partial charge in [-0.3, -0.25) is 0 Å². The summed E-state index contributed by atoms with van der Waals surface area (Å²) in [4.78, 5) is 0. The van der Waals surface area contributed by atoms with Gasteiger partial charge >= 0.3 is 0 Å². The molecule has 60 valence electrons. The predicted molar refractivity (Wildman–Crippen MR) is 52.9 cm³/mol. The van der Waals surface area contributed by atoms with Gasteiger partial charge in [-0.05, 0) is 40.0 Å². The summed E-state index contributed by atoms with van der Waals surface area (Å²) in [7, 11) is 0. The summed E-state index contributed by atoms with van der Waals surface area (Å²) in [6.07, 6.45) is 0.908. The molecule has 0 atom stereocenters. The zero-order valence-electron chi connectivity index (χ0n) is 6.20. The normalized spacial score (nSPS) is 10.1. The average molecular weight is 235 g/mol. The van der Waals surface area contributed by atoms with Gasteiger partial charge < -0.3 is 5.73 Å². The lowest BCUT2D eigenvalue weighted by atomic mass is 10.1. The minimum atomic E-state index is 0.725. The van der Waals surface area contributed by atoms with Crippen molar-refractivity contribution >= 4 is 33.2 Å². The van der Waals surface area contributed by atoms with Crippen LogP contribution < -0.4 is 5.73 Å². The number of hydrogen-bond donors (Lipinski definition) is 1. The number of hydrogen-bond acceptors (Lipinski definition) is 1. The Labute approximate surface area is 79.7 Å². The number of rotatable bonds is 1. The van der Waals surface area contributed by atoms with Gasteiger partial charge in [-0.15, -0.1) is 0 Å². The van der Waals surface area contributed by atoms with Crippen LogP contribution in [-0.4, -0.2) is 0 Å². The molecule has 0 saturated carbocycles. The highest BCUT2D eigenvalue weighted by Crippen LogP contribution is 2.27. The van der Waals surface area contributed by atoms with Crippen LogP contribution >= 0.6 is 27.5 Å². The maximum atomic E-state index is 5.82. The first kappa shape index (κ1) is 8.88. The van der Waals surface area contributed by atoms with Crippen molar-refractivity contribution in [3.8, 4) is 0 Å². The second-order valence-corrected chi connectivity index (χ2v) is 3.60. The smallest absolute Gasteiger partial charge is 0.0491 e. The van der Waals surface area contributed by atoms with E-state index in [1.165, 1.54) is 0 Å². The van der Waals surface area contributed by atoms with Crippen molar-refractivity contribution in [3.05, 3.63) is 27.2 Å². The fourth-order valence-electron chi connectivity index (χ4n) is 0.931. The van der Waals surface area contributed by atoms with Crippen LogP contribution in [0.15, 0.2) is 16.6 Å². The van der Waals surface area contributed by atoms with Crippen molar-refractivity contribution in [3.63, 3.8) is 0 Å². The van der Waals surface area contributed by atoms with Gasteiger partial charge in [0.2, 0.25) is 0 Å². The highest BCUT2D eigenvalue weighted by molar-refractivity contribution is 9.10. The summed E-state index contributed by atoms with van der Waals surface area (Å²) in [5, 5.41) is 0.725. The van der Waals surface area contributed by atoms with Gasteiger partial charge in [0, 0.05) is 15.2 Å². The Morgan fingerprint density at radius 3 is 2.73 bits per heavy atom. The van der Waals surface area contributed by atoms with Crippen LogP contribution in [0, 0.1) is 0 Å². The van der Waals surface area contributed by atoms with E-state index in [-0.39, 0.29) is 0 Å². The molecule has 11 heavy (non-hydrogen) atoms. The molecule has 0 heterocycles. The maximum Gasteiger partial charge on any atom is 0.0491 e. The minimum absolute atomic E-state index is 0.725. The second kappa shape index (κ2) is 3.46. The monoisotopic (exact) mass is 233 g/mol. The third kappa shape index (κ3) is 1.88. The third-order valence-electron chi connectivity index (χ3n) is 1.56. The van der Waals surface area contributed by atoms with Crippen molar-refractivity contribution in [2.75, 3.05) is 5.73 Å². The van der Waals surface area contributed by atoms with Crippen LogP contribution in [0.3, 0.4) is 0 Å². The fourth-order valence-corrected chi connectivity index (χ4v) is 1.80. The Bertz CT molecular complexity index is 273. The van der Waals surface area contributed by atoms with Crippen molar-refractivity contribution in [1.29, 1.82) is 0 Å². The Hall–Kier alpha value is -0.210. The number of benzene rings is 1. The lowest BCUT2D eigenvalue weighted by molar-refractivity contribution is 1.14. The summed E-state index contributed by atoms with van der Waals surface area (Å²) < 4.78 is 0.877. The summed E-state index contributed by atoms with van der Waals surface area (Å²) in [6.45, 7) is 2.05. The number of nitrogens with two attached hydrogens (primary N) is 1. The van der Waals surface area contributed by atoms with Gasteiger partial charge in [-0.1, -0.05) is 18.5 Å². The van der Waals surface area contributed by atoms with Gasteiger partial charge in [-0.2, -0.15) is 0 Å². The van der Waals surface area contributed by atoms with Crippen molar-refractivity contribution in [2.24, 2.45) is 0 Å². The highest BCUT2D eigenvalue weighted by Gasteiger charge is 2.02. The molecule has 2 N–H and O–H groups in total. The quantitative estimate of drug-likeness (QED) is 0.742. The molecule has 0 aromatic heterocycles. The topological polar surface area (TPSA) is 26.0 Å². The zero-order chi connectivity index (χ0) is 8.43. The summed E-state index contributed by atoms with van der Waals surface area (Å²) >= 11 is 9.14. The summed E-state index contributed by atoms with van der Waals surface area (Å²) in [6, 6.07) is 3.69. The molecule has 1 aromatic rings. The second-order valence-electron chi connectivity index (χ2n) is 2.31. The van der Waals surface area contributed by atoms with E-state index in [0.29, 0.717) is 0 Å². The molecule has 0 bridgehead atoms. The van der Waals surface area contributed by atoms with Crippen molar-refractivity contribution in [1.82, 2.24) is 0 Å². The van der Waals surface area contributed by atoms with Crippen LogP contribution in [0.1, 0.15) is 12.5 Å². The van der Waals surface area contributed by atoms with E-state index in [1.807, 2.05) is 6.07 Å². The molecule has 1 rings (SSSR count). The Kier molecular flexibility index (Phi) is 2.79. The van der Waals surface area contributed by atoms with E-state index in [9.17, 15) is 0 Å². The van der Waals surface area contributed by atoms with Crippen LogP contribution in [0.5, 0.6) is 0 Å². The number of aryl methyl sites for hydroxylation is 1. The van der Waals surface area contributed by atoms with E-state index < -0.39 is 0 Å². The molecular weight excluding hydrogens is 225 g/mol. The molecular formula is C8H9BrClN. The first-order valence-electron chi connectivity index (χ1n) is 3.38. The highest BCUT2D eigenvalue weighted by atomic mass is 79.9. The molecule has 0 fully saturated rings. The van der Waals surface area contributed by atoms with E-state index >= 15 is 0 Å². The van der Waals surface area contributed by atoms with Crippen LogP contribution in [0.25, 0.3) is 0 Å². The number of halogens is 2. The van der Waals surface area contributed by atoms with Crippen LogP contribution in [0.4, 0.5) is 5.69 Å². The van der Waals surface area contributed by atoms with E-state index in [2.05, 4.69) is 22.9 Å². The fraction of sp³-hybridized carbons (Fsp3) is 0.250. The van der Waals surface area contributed by atoms with E-state index in [1.54, 1.807) is 6.07 Å². The van der Waals surface area contributed by atoms with Gasteiger partial charge in [0.05, 0.1) is 0 Å². The van der Waals surface area contributed by atoms with E-state index in [0.717, 1.165) is 27.2 Å². The Morgan fingerprint density at radius 1 is 1.55 bits per heavy atom. The van der Waals surface area contributed by atoms with E-state index in [4.69, 9.17) is 17.3 Å². The molecule has 0 aliphatic heterocycles. The molecule has 0 amide bonds. The predicted octanol–water partition coefficient (Wildman–Crippen LogP) is 3.25. The third-order valence-corrected chi connectivity index (χ3v) is 2.44. The number of anilines is 1. The molecule has 0 spiro atoms. The summed E-state index contributed by atoms with van der Waals surface area (Å²) in [5.41, 5.74) is 7.63. The minimum Gasteiger partial charge on any atom is -0.398 e. The molecule has 3 heteroatoms. The Balaban J connectivity index is 3.24. The molecule has 1 nitrogen and oxygen atoms in total. The van der Waals surface area contributed by atoms with Crippen molar-refractivity contribution < 1.29 is 0 Å². The largest absolute Gasteiger partial charge is 0.398 e. The van der Waals surface area contributed by atoms with Gasteiger partial charge in [-0.25, -0.2) is 0 Å². The van der Waals surface area contributed by atoms with Crippen LogP contribution in [0.2, 0.25) is 5.02 Å². The molecule has 0 aliphatic carbocycles. The van der Waals surface area contributed by atoms with Crippen LogP contribution in [-0.2, 0) is 6.42 Å². The lowest BCUT2D eigenvalue weighted by Crippen LogP contribution is -1.93. The van der Waals surface area contributed by atoms with Gasteiger partial charge in [0.1, 0.15) is 0 Å². The number of nitrogen functional groups attached to an aromatic ring is 1. The van der Waals surface area contributed by atoms with Crippen molar-refractivity contribution in [2.45, 2.75) is 13.3 Å². The lowest BCUT2D eigenvalue weighted by Gasteiger charge is -2.05. The molecule has 0 unspecified atom stereocenters. The Morgan fingerprint density at radius 2 is 2.18 bits per heavy atom. The van der Waals surface area contributed by atoms with Gasteiger partial charge in [0.25, 0.3) is 0 Å². The molecule has 1 aromatic carbocycles. The standard InChI is InChI=1S/C8H9BrClN/c1-2-5-3-6(10)4-7(9)8(5)11/h3-4H,2,11H2,1H3. The first-order chi connectivity index (χ1) is 5.15. The zero-order valence-corrected chi connectivity index (χ0v) is 8.54. The molecule has 0 aliphatic rings. The SMILES string of the molecule is CCc1cc(Cl)cc(Br)c1N. The molecule has 0 radical (unpaired) electrons. The molecule has 0 saturated heterocycles. The summed E-state index contributed by atoms with van der Waals surface area (Å²) in [5.74, 6) is 0.